The van der Waals surface area contributed by atoms with Crippen LogP contribution in [0.3, 0.4) is 0 Å². The number of nitrogens with zero attached hydrogens (tertiary/aromatic N) is 2. The Morgan fingerprint density at radius 1 is 1.03 bits per heavy atom. The van der Waals surface area contributed by atoms with Crippen molar-refractivity contribution < 1.29 is 17.9 Å². The zero-order valence-corrected chi connectivity index (χ0v) is 18.3. The van der Waals surface area contributed by atoms with Crippen LogP contribution in [0.4, 0.5) is 36.3 Å². The van der Waals surface area contributed by atoms with Gasteiger partial charge in [-0.1, -0.05) is 19.4 Å². The summed E-state index contributed by atoms with van der Waals surface area (Å²) in [4.78, 5) is 7.89. The first-order valence-electron chi connectivity index (χ1n) is 9.32. The second kappa shape index (κ2) is 9.96. The number of halogens is 4. The summed E-state index contributed by atoms with van der Waals surface area (Å²) >= 11 is 2.17. The van der Waals surface area contributed by atoms with E-state index in [1.807, 2.05) is 12.1 Å². The summed E-state index contributed by atoms with van der Waals surface area (Å²) in [7, 11) is 0. The van der Waals surface area contributed by atoms with Crippen molar-refractivity contribution in [3.8, 4) is 5.75 Å². The van der Waals surface area contributed by atoms with E-state index >= 15 is 0 Å². The standard InChI is InChI=1S/C21H20F3IN4O/c1-2-3-11-30-17-6-4-5-16(12-17)27-19-18(21(22,23)24)13-26-20(29-19)28-15-9-7-14(25)8-10-15/h4-10,12-13H,2-3,11H2,1H3,(H2,26,27,28,29). The molecule has 9 heteroatoms. The van der Waals surface area contributed by atoms with Gasteiger partial charge in [-0.05, 0) is 65.4 Å². The Labute approximate surface area is 186 Å². The number of aromatic nitrogens is 2. The van der Waals surface area contributed by atoms with Crippen molar-refractivity contribution in [3.05, 3.63) is 63.9 Å². The zero-order chi connectivity index (χ0) is 21.6. The van der Waals surface area contributed by atoms with E-state index in [1.165, 1.54) is 0 Å². The smallest absolute Gasteiger partial charge is 0.421 e. The lowest BCUT2D eigenvalue weighted by Crippen LogP contribution is -2.12. The molecule has 0 aliphatic heterocycles. The largest absolute Gasteiger partial charge is 0.494 e. The molecule has 0 amide bonds. The molecule has 0 aliphatic carbocycles. The molecule has 1 heterocycles. The topological polar surface area (TPSA) is 59.1 Å². The minimum atomic E-state index is -4.60. The van der Waals surface area contributed by atoms with Crippen LogP contribution in [-0.2, 0) is 6.18 Å². The number of unbranched alkanes of at least 4 members (excludes halogenated alkanes) is 1. The second-order valence-corrected chi connectivity index (χ2v) is 7.69. The molecule has 5 nitrogen and oxygen atoms in total. The molecular weight excluding hydrogens is 508 g/mol. The van der Waals surface area contributed by atoms with E-state index in [0.717, 1.165) is 22.6 Å². The van der Waals surface area contributed by atoms with Crippen LogP contribution in [0.5, 0.6) is 5.75 Å². The van der Waals surface area contributed by atoms with Gasteiger partial charge >= 0.3 is 6.18 Å². The highest BCUT2D eigenvalue weighted by molar-refractivity contribution is 14.1. The fourth-order valence-corrected chi connectivity index (χ4v) is 2.90. The summed E-state index contributed by atoms with van der Waals surface area (Å²) in [6.07, 6.45) is -1.94. The highest BCUT2D eigenvalue weighted by Crippen LogP contribution is 2.35. The molecule has 2 N–H and O–H groups in total. The summed E-state index contributed by atoms with van der Waals surface area (Å²) in [5, 5.41) is 5.68. The van der Waals surface area contributed by atoms with Crippen molar-refractivity contribution in [1.82, 2.24) is 9.97 Å². The maximum Gasteiger partial charge on any atom is 0.421 e. The van der Waals surface area contributed by atoms with Gasteiger partial charge in [0.25, 0.3) is 0 Å². The Morgan fingerprint density at radius 2 is 1.80 bits per heavy atom. The quantitative estimate of drug-likeness (QED) is 0.250. The molecule has 2 aromatic carbocycles. The number of anilines is 4. The van der Waals surface area contributed by atoms with Crippen LogP contribution < -0.4 is 15.4 Å². The zero-order valence-electron chi connectivity index (χ0n) is 16.1. The number of hydrogen-bond acceptors (Lipinski definition) is 5. The number of ether oxygens (including phenoxy) is 1. The summed E-state index contributed by atoms with van der Waals surface area (Å²) in [6.45, 7) is 2.60. The number of benzene rings is 2. The van der Waals surface area contributed by atoms with E-state index in [1.54, 1.807) is 36.4 Å². The van der Waals surface area contributed by atoms with Crippen molar-refractivity contribution in [1.29, 1.82) is 0 Å². The highest BCUT2D eigenvalue weighted by atomic mass is 127. The molecule has 0 atom stereocenters. The molecule has 1 aromatic heterocycles. The predicted octanol–water partition coefficient (Wildman–Crippen LogP) is 6.77. The SMILES string of the molecule is CCCCOc1cccc(Nc2nc(Nc3ccc(I)cc3)ncc2C(F)(F)F)c1. The van der Waals surface area contributed by atoms with Gasteiger partial charge in [-0.15, -0.1) is 0 Å². The van der Waals surface area contributed by atoms with Gasteiger partial charge in [0.1, 0.15) is 17.1 Å². The van der Waals surface area contributed by atoms with Gasteiger partial charge in [0, 0.05) is 27.2 Å². The molecule has 3 rings (SSSR count). The molecule has 0 radical (unpaired) electrons. The van der Waals surface area contributed by atoms with Crippen LogP contribution in [-0.4, -0.2) is 16.6 Å². The maximum absolute atomic E-state index is 13.5. The Kier molecular flexibility index (Phi) is 7.35. The minimum Gasteiger partial charge on any atom is -0.494 e. The molecule has 3 aromatic rings. The van der Waals surface area contributed by atoms with Crippen molar-refractivity contribution in [2.45, 2.75) is 25.9 Å². The van der Waals surface area contributed by atoms with Gasteiger partial charge in [-0.2, -0.15) is 18.2 Å². The molecular formula is C21H20F3IN4O. The van der Waals surface area contributed by atoms with Crippen molar-refractivity contribution >= 4 is 45.7 Å². The molecule has 30 heavy (non-hydrogen) atoms. The lowest BCUT2D eigenvalue weighted by molar-refractivity contribution is -0.137. The highest BCUT2D eigenvalue weighted by Gasteiger charge is 2.35. The Bertz CT molecular complexity index is 981. The number of rotatable bonds is 8. The number of hydrogen-bond donors (Lipinski definition) is 2. The minimum absolute atomic E-state index is 0.0575. The molecule has 0 saturated carbocycles. The average molecular weight is 528 g/mol. The molecule has 0 unspecified atom stereocenters. The van der Waals surface area contributed by atoms with E-state index in [4.69, 9.17) is 4.74 Å². The number of alkyl halides is 3. The number of nitrogens with one attached hydrogen (secondary N) is 2. The third-order valence-corrected chi connectivity index (χ3v) is 4.78. The summed E-state index contributed by atoms with van der Waals surface area (Å²) in [6, 6.07) is 14.1. The van der Waals surface area contributed by atoms with Crippen molar-refractivity contribution in [3.63, 3.8) is 0 Å². The van der Waals surface area contributed by atoms with Gasteiger partial charge in [0.2, 0.25) is 5.95 Å². The van der Waals surface area contributed by atoms with Gasteiger partial charge in [-0.3, -0.25) is 0 Å². The molecule has 0 aliphatic rings. The Balaban J connectivity index is 1.86. The van der Waals surface area contributed by atoms with Gasteiger partial charge < -0.3 is 15.4 Å². The lowest BCUT2D eigenvalue weighted by atomic mass is 10.2. The predicted molar refractivity (Wildman–Crippen MR) is 120 cm³/mol. The third-order valence-electron chi connectivity index (χ3n) is 4.06. The van der Waals surface area contributed by atoms with E-state index in [-0.39, 0.29) is 11.8 Å². The molecule has 158 valence electrons. The Morgan fingerprint density at radius 3 is 2.50 bits per heavy atom. The molecule has 0 fully saturated rings. The van der Waals surface area contributed by atoms with Crippen LogP contribution in [0.2, 0.25) is 0 Å². The first kappa shape index (κ1) is 22.1. The molecule has 0 spiro atoms. The second-order valence-electron chi connectivity index (χ2n) is 6.44. The maximum atomic E-state index is 13.5. The van der Waals surface area contributed by atoms with Gasteiger partial charge in [-0.25, -0.2) is 4.98 Å². The van der Waals surface area contributed by atoms with E-state index in [9.17, 15) is 13.2 Å². The van der Waals surface area contributed by atoms with Crippen molar-refractivity contribution in [2.24, 2.45) is 0 Å². The average Bonchev–Trinajstić information content (AvgIpc) is 2.70. The summed E-state index contributed by atoms with van der Waals surface area (Å²) < 4.78 is 47.1. The first-order valence-corrected chi connectivity index (χ1v) is 10.4. The Hall–Kier alpha value is -2.56. The molecule has 0 bridgehead atoms. The lowest BCUT2D eigenvalue weighted by Gasteiger charge is -2.15. The van der Waals surface area contributed by atoms with E-state index < -0.39 is 11.7 Å². The summed E-state index contributed by atoms with van der Waals surface area (Å²) in [5.74, 6) is 0.298. The van der Waals surface area contributed by atoms with Crippen molar-refractivity contribution in [2.75, 3.05) is 17.2 Å². The van der Waals surface area contributed by atoms with Crippen LogP contribution in [0.15, 0.2) is 54.7 Å². The van der Waals surface area contributed by atoms with Crippen LogP contribution in [0, 0.1) is 3.57 Å². The van der Waals surface area contributed by atoms with E-state index in [0.29, 0.717) is 23.7 Å². The van der Waals surface area contributed by atoms with E-state index in [2.05, 4.69) is 50.1 Å². The normalized spacial score (nSPS) is 11.2. The fourth-order valence-electron chi connectivity index (χ4n) is 2.54. The van der Waals surface area contributed by atoms with Crippen LogP contribution in [0.1, 0.15) is 25.3 Å². The summed E-state index contributed by atoms with van der Waals surface area (Å²) in [5.41, 5.74) is 0.161. The van der Waals surface area contributed by atoms with Crippen LogP contribution >= 0.6 is 22.6 Å². The third kappa shape index (κ3) is 6.22. The van der Waals surface area contributed by atoms with Crippen LogP contribution in [0.25, 0.3) is 0 Å². The monoisotopic (exact) mass is 528 g/mol. The molecule has 0 saturated heterocycles. The van der Waals surface area contributed by atoms with Gasteiger partial charge in [0.05, 0.1) is 6.61 Å². The fraction of sp³-hybridized carbons (Fsp3) is 0.238. The van der Waals surface area contributed by atoms with Gasteiger partial charge in [0.15, 0.2) is 0 Å². The first-order chi connectivity index (χ1) is 14.3.